The lowest BCUT2D eigenvalue weighted by Gasteiger charge is -2.22. The maximum atomic E-state index is 11.8. The summed E-state index contributed by atoms with van der Waals surface area (Å²) >= 11 is 13.3. The number of aryl methyl sites for hydroxylation is 1. The number of hydrogen-bond acceptors (Lipinski definition) is 3. The molecule has 1 aliphatic rings. The van der Waals surface area contributed by atoms with Gasteiger partial charge in [-0.05, 0) is 56.3 Å². The summed E-state index contributed by atoms with van der Waals surface area (Å²) in [5, 5.41) is 6.38. The number of nitrogens with one attached hydrogen (secondary N) is 2. The van der Waals surface area contributed by atoms with Crippen LogP contribution < -0.4 is 10.6 Å². The van der Waals surface area contributed by atoms with Crippen molar-refractivity contribution in [3.05, 3.63) is 20.3 Å². The van der Waals surface area contributed by atoms with Gasteiger partial charge in [-0.3, -0.25) is 4.79 Å². The number of carbonyl (C=O) groups is 1. The highest BCUT2D eigenvalue weighted by atomic mass is 35.5. The Hall–Kier alpha value is -0.290. The second kappa shape index (κ2) is 8.23. The third kappa shape index (κ3) is 5.24. The molecule has 1 aliphatic heterocycles. The predicted molar refractivity (Wildman–Crippen MR) is 85.9 cm³/mol. The third-order valence-corrected chi connectivity index (χ3v) is 5.13. The summed E-state index contributed by atoms with van der Waals surface area (Å²) in [6, 6.07) is 1.89. The van der Waals surface area contributed by atoms with Crippen LogP contribution in [0, 0.1) is 5.92 Å². The van der Waals surface area contributed by atoms with Crippen LogP contribution in [0.5, 0.6) is 0 Å². The highest BCUT2D eigenvalue weighted by Crippen LogP contribution is 2.31. The topological polar surface area (TPSA) is 41.1 Å². The summed E-state index contributed by atoms with van der Waals surface area (Å²) in [5.41, 5.74) is 1.05. The molecule has 1 aromatic rings. The Morgan fingerprint density at radius 3 is 3.00 bits per heavy atom. The van der Waals surface area contributed by atoms with E-state index in [0.29, 0.717) is 16.7 Å². The number of halogens is 2. The van der Waals surface area contributed by atoms with E-state index in [1.165, 1.54) is 24.2 Å². The van der Waals surface area contributed by atoms with Crippen molar-refractivity contribution in [3.8, 4) is 0 Å². The molecule has 2 N–H and O–H groups in total. The Labute approximate surface area is 134 Å². The SMILES string of the molecule is O=C(CCCc1cc(Cl)sc1Cl)NCC1CCCNC1. The Bertz CT molecular complexity index is 444. The number of carbonyl (C=O) groups excluding carboxylic acids is 1. The molecule has 6 heteroatoms. The minimum absolute atomic E-state index is 0.132. The molecule has 0 bridgehead atoms. The maximum absolute atomic E-state index is 11.8. The number of thiophene rings is 1. The van der Waals surface area contributed by atoms with Gasteiger partial charge in [0, 0.05) is 13.0 Å². The van der Waals surface area contributed by atoms with Gasteiger partial charge in [-0.1, -0.05) is 23.2 Å². The van der Waals surface area contributed by atoms with Crippen LogP contribution in [0.3, 0.4) is 0 Å². The molecular formula is C14H20Cl2N2OS. The van der Waals surface area contributed by atoms with Crippen LogP contribution in [-0.4, -0.2) is 25.5 Å². The standard InChI is InChI=1S/C14H20Cl2N2OS/c15-12-7-11(14(16)20-12)4-1-5-13(19)18-9-10-3-2-6-17-8-10/h7,10,17H,1-6,8-9H2,(H,18,19). The minimum atomic E-state index is 0.132. The molecule has 3 nitrogen and oxygen atoms in total. The molecule has 0 saturated carbocycles. The number of piperidine rings is 1. The molecule has 1 unspecified atom stereocenters. The average Bonchev–Trinajstić information content (AvgIpc) is 2.76. The summed E-state index contributed by atoms with van der Waals surface area (Å²) in [5.74, 6) is 0.714. The fraction of sp³-hybridized carbons (Fsp3) is 0.643. The molecule has 2 rings (SSSR count). The second-order valence-corrected chi connectivity index (χ2v) is 7.51. The van der Waals surface area contributed by atoms with Gasteiger partial charge in [-0.25, -0.2) is 0 Å². The fourth-order valence-electron chi connectivity index (χ4n) is 2.43. The van der Waals surface area contributed by atoms with Gasteiger partial charge in [0.1, 0.15) is 0 Å². The van der Waals surface area contributed by atoms with E-state index >= 15 is 0 Å². The Morgan fingerprint density at radius 2 is 2.35 bits per heavy atom. The lowest BCUT2D eigenvalue weighted by Crippen LogP contribution is -2.38. The first-order chi connectivity index (χ1) is 9.65. The van der Waals surface area contributed by atoms with Crippen molar-refractivity contribution in [1.29, 1.82) is 0 Å². The first kappa shape index (κ1) is 16.1. The van der Waals surface area contributed by atoms with Gasteiger partial charge in [0.2, 0.25) is 5.91 Å². The first-order valence-corrected chi connectivity index (χ1v) is 8.63. The van der Waals surface area contributed by atoms with Gasteiger partial charge < -0.3 is 10.6 Å². The minimum Gasteiger partial charge on any atom is -0.356 e. The zero-order valence-corrected chi connectivity index (χ0v) is 13.7. The van der Waals surface area contributed by atoms with Gasteiger partial charge in [0.05, 0.1) is 8.67 Å². The molecule has 0 radical (unpaired) electrons. The molecule has 112 valence electrons. The van der Waals surface area contributed by atoms with Gasteiger partial charge in [0.25, 0.3) is 0 Å². The monoisotopic (exact) mass is 334 g/mol. The van der Waals surface area contributed by atoms with Crippen LogP contribution in [-0.2, 0) is 11.2 Å². The maximum Gasteiger partial charge on any atom is 0.220 e. The van der Waals surface area contributed by atoms with E-state index in [4.69, 9.17) is 23.2 Å². The van der Waals surface area contributed by atoms with E-state index in [9.17, 15) is 4.79 Å². The van der Waals surface area contributed by atoms with Gasteiger partial charge in [0.15, 0.2) is 0 Å². The van der Waals surface area contributed by atoms with Crippen molar-refractivity contribution in [2.75, 3.05) is 19.6 Å². The Balaban J connectivity index is 1.61. The van der Waals surface area contributed by atoms with E-state index in [1.807, 2.05) is 6.07 Å². The van der Waals surface area contributed by atoms with Crippen molar-refractivity contribution in [2.45, 2.75) is 32.1 Å². The second-order valence-electron chi connectivity index (χ2n) is 5.22. The van der Waals surface area contributed by atoms with Gasteiger partial charge >= 0.3 is 0 Å². The van der Waals surface area contributed by atoms with Gasteiger partial charge in [-0.2, -0.15) is 0 Å². The summed E-state index contributed by atoms with van der Waals surface area (Å²) < 4.78 is 1.45. The summed E-state index contributed by atoms with van der Waals surface area (Å²) in [4.78, 5) is 11.8. The van der Waals surface area contributed by atoms with Crippen molar-refractivity contribution >= 4 is 40.4 Å². The zero-order chi connectivity index (χ0) is 14.4. The van der Waals surface area contributed by atoms with Crippen LogP contribution in [0.2, 0.25) is 8.67 Å². The fourth-order valence-corrected chi connectivity index (χ4v) is 3.97. The normalized spacial score (nSPS) is 19.0. The number of hydrogen-bond donors (Lipinski definition) is 2. The lowest BCUT2D eigenvalue weighted by molar-refractivity contribution is -0.121. The van der Waals surface area contributed by atoms with E-state index in [0.717, 1.165) is 42.4 Å². The van der Waals surface area contributed by atoms with Crippen LogP contribution in [0.1, 0.15) is 31.2 Å². The van der Waals surface area contributed by atoms with Crippen molar-refractivity contribution in [1.82, 2.24) is 10.6 Å². The molecule has 1 atom stereocenters. The van der Waals surface area contributed by atoms with E-state index in [1.54, 1.807) is 0 Å². The molecule has 1 fully saturated rings. The highest BCUT2D eigenvalue weighted by Gasteiger charge is 2.14. The first-order valence-electron chi connectivity index (χ1n) is 7.06. The molecule has 0 spiro atoms. The van der Waals surface area contributed by atoms with Crippen molar-refractivity contribution < 1.29 is 4.79 Å². The molecule has 2 heterocycles. The molecule has 1 aromatic heterocycles. The van der Waals surface area contributed by atoms with Crippen LogP contribution in [0.4, 0.5) is 0 Å². The highest BCUT2D eigenvalue weighted by molar-refractivity contribution is 7.20. The van der Waals surface area contributed by atoms with Crippen molar-refractivity contribution in [3.63, 3.8) is 0 Å². The zero-order valence-electron chi connectivity index (χ0n) is 11.4. The summed E-state index contributed by atoms with van der Waals surface area (Å²) in [6.07, 6.45) is 4.57. The molecule has 0 aromatic carbocycles. The smallest absolute Gasteiger partial charge is 0.220 e. The Kier molecular flexibility index (Phi) is 6.62. The molecule has 1 saturated heterocycles. The molecule has 20 heavy (non-hydrogen) atoms. The molecule has 0 aliphatic carbocycles. The van der Waals surface area contributed by atoms with E-state index < -0.39 is 0 Å². The number of rotatable bonds is 6. The Morgan fingerprint density at radius 1 is 1.50 bits per heavy atom. The van der Waals surface area contributed by atoms with Crippen LogP contribution in [0.25, 0.3) is 0 Å². The quantitative estimate of drug-likeness (QED) is 0.835. The summed E-state index contributed by atoms with van der Waals surface area (Å²) in [7, 11) is 0. The largest absolute Gasteiger partial charge is 0.356 e. The number of amides is 1. The van der Waals surface area contributed by atoms with E-state index in [2.05, 4.69) is 10.6 Å². The van der Waals surface area contributed by atoms with Gasteiger partial charge in [-0.15, -0.1) is 11.3 Å². The third-order valence-electron chi connectivity index (χ3n) is 3.56. The molecule has 1 amide bonds. The summed E-state index contributed by atoms with van der Waals surface area (Å²) in [6.45, 7) is 2.91. The van der Waals surface area contributed by atoms with E-state index in [-0.39, 0.29) is 5.91 Å². The van der Waals surface area contributed by atoms with Crippen LogP contribution >= 0.6 is 34.5 Å². The van der Waals surface area contributed by atoms with Crippen LogP contribution in [0.15, 0.2) is 6.07 Å². The predicted octanol–water partition coefficient (Wildman–Crippen LogP) is 3.49. The lowest BCUT2D eigenvalue weighted by atomic mass is 10.00. The van der Waals surface area contributed by atoms with Crippen molar-refractivity contribution in [2.24, 2.45) is 5.92 Å². The molecular weight excluding hydrogens is 315 g/mol. The average molecular weight is 335 g/mol.